The Morgan fingerprint density at radius 1 is 1.17 bits per heavy atom. The molecule has 1 aliphatic rings. The third-order valence-corrected chi connectivity index (χ3v) is 3.59. The average Bonchev–Trinajstić information content (AvgIpc) is 2.39. The van der Waals surface area contributed by atoms with Crippen LogP contribution in [0.1, 0.15) is 17.3 Å². The average molecular weight is 250 g/mol. The van der Waals surface area contributed by atoms with Crippen molar-refractivity contribution in [1.82, 2.24) is 9.80 Å². The van der Waals surface area contributed by atoms with Gasteiger partial charge in [-0.3, -0.25) is 9.69 Å². The van der Waals surface area contributed by atoms with Crippen LogP contribution in [0.3, 0.4) is 0 Å². The number of piperazine rings is 1. The second-order valence-electron chi connectivity index (χ2n) is 4.89. The maximum absolute atomic E-state index is 12.8. The van der Waals surface area contributed by atoms with E-state index in [1.807, 2.05) is 6.92 Å². The summed E-state index contributed by atoms with van der Waals surface area (Å²) in [7, 11) is 2.09. The topological polar surface area (TPSA) is 23.6 Å². The van der Waals surface area contributed by atoms with Crippen LogP contribution in [0.2, 0.25) is 0 Å². The highest BCUT2D eigenvalue weighted by Crippen LogP contribution is 2.12. The summed E-state index contributed by atoms with van der Waals surface area (Å²) in [5.74, 6) is -0.238. The Labute approximate surface area is 107 Å². The molecule has 1 unspecified atom stereocenters. The smallest absolute Gasteiger partial charge is 0.179 e. The van der Waals surface area contributed by atoms with Gasteiger partial charge in [-0.25, -0.2) is 4.39 Å². The summed E-state index contributed by atoms with van der Waals surface area (Å²) in [6, 6.07) is 5.66. The van der Waals surface area contributed by atoms with Crippen LogP contribution < -0.4 is 0 Å². The fraction of sp³-hybridized carbons (Fsp3) is 0.500. The van der Waals surface area contributed by atoms with Crippen molar-refractivity contribution in [1.29, 1.82) is 0 Å². The van der Waals surface area contributed by atoms with Crippen molar-refractivity contribution >= 4 is 5.78 Å². The number of likely N-dealkylation sites (N-methyl/N-ethyl adjacent to an activating group) is 1. The zero-order valence-electron chi connectivity index (χ0n) is 10.9. The molecule has 2 rings (SSSR count). The molecule has 0 spiro atoms. The van der Waals surface area contributed by atoms with Crippen molar-refractivity contribution in [3.8, 4) is 0 Å². The number of Topliss-reactive ketones (excluding diaryl/α,β-unsaturated/α-hetero) is 1. The third kappa shape index (κ3) is 2.94. The molecule has 0 amide bonds. The van der Waals surface area contributed by atoms with Crippen molar-refractivity contribution in [2.45, 2.75) is 13.0 Å². The maximum atomic E-state index is 12.8. The van der Waals surface area contributed by atoms with E-state index >= 15 is 0 Å². The van der Waals surface area contributed by atoms with E-state index in [2.05, 4.69) is 16.8 Å². The van der Waals surface area contributed by atoms with Gasteiger partial charge in [-0.05, 0) is 38.2 Å². The number of carbonyl (C=O) groups excluding carboxylic acids is 1. The van der Waals surface area contributed by atoms with E-state index in [4.69, 9.17) is 0 Å². The van der Waals surface area contributed by atoms with E-state index in [1.165, 1.54) is 12.1 Å². The molecule has 1 aromatic rings. The summed E-state index contributed by atoms with van der Waals surface area (Å²) >= 11 is 0. The highest BCUT2D eigenvalue weighted by atomic mass is 19.1. The zero-order chi connectivity index (χ0) is 13.1. The van der Waals surface area contributed by atoms with Gasteiger partial charge in [-0.15, -0.1) is 0 Å². The maximum Gasteiger partial charge on any atom is 0.179 e. The second kappa shape index (κ2) is 5.59. The second-order valence-corrected chi connectivity index (χ2v) is 4.89. The molecule has 1 saturated heterocycles. The van der Waals surface area contributed by atoms with E-state index in [0.29, 0.717) is 5.56 Å². The fourth-order valence-corrected chi connectivity index (χ4v) is 2.23. The van der Waals surface area contributed by atoms with Gasteiger partial charge >= 0.3 is 0 Å². The van der Waals surface area contributed by atoms with Crippen molar-refractivity contribution in [3.63, 3.8) is 0 Å². The number of carbonyl (C=O) groups is 1. The molecule has 0 N–H and O–H groups in total. The zero-order valence-corrected chi connectivity index (χ0v) is 10.9. The molecule has 0 aromatic heterocycles. The first-order chi connectivity index (χ1) is 8.58. The standard InChI is InChI=1S/C14H19FN2O/c1-11(17-9-7-16(2)8-10-17)14(18)12-3-5-13(15)6-4-12/h3-6,11H,7-10H2,1-2H3. The minimum Gasteiger partial charge on any atom is -0.304 e. The molecule has 0 aliphatic carbocycles. The van der Waals surface area contributed by atoms with Gasteiger partial charge in [0.1, 0.15) is 5.82 Å². The third-order valence-electron chi connectivity index (χ3n) is 3.59. The summed E-state index contributed by atoms with van der Waals surface area (Å²) in [5, 5.41) is 0. The fourth-order valence-electron chi connectivity index (χ4n) is 2.23. The molecule has 1 atom stereocenters. The molecular weight excluding hydrogens is 231 g/mol. The minimum atomic E-state index is -0.307. The van der Waals surface area contributed by atoms with Gasteiger partial charge in [0.15, 0.2) is 5.78 Å². The molecule has 0 bridgehead atoms. The molecule has 4 heteroatoms. The van der Waals surface area contributed by atoms with Crippen molar-refractivity contribution in [3.05, 3.63) is 35.6 Å². The summed E-state index contributed by atoms with van der Waals surface area (Å²) in [4.78, 5) is 16.7. The molecular formula is C14H19FN2O. The highest BCUT2D eigenvalue weighted by molar-refractivity contribution is 5.99. The van der Waals surface area contributed by atoms with Gasteiger partial charge in [-0.1, -0.05) is 0 Å². The molecule has 1 aromatic carbocycles. The quantitative estimate of drug-likeness (QED) is 0.762. The van der Waals surface area contributed by atoms with Crippen LogP contribution in [0.4, 0.5) is 4.39 Å². The Morgan fingerprint density at radius 3 is 2.28 bits per heavy atom. The predicted octanol–water partition coefficient (Wildman–Crippen LogP) is 1.64. The predicted molar refractivity (Wildman–Crippen MR) is 69.3 cm³/mol. The first-order valence-electron chi connectivity index (χ1n) is 6.30. The lowest BCUT2D eigenvalue weighted by Gasteiger charge is -2.35. The van der Waals surface area contributed by atoms with Gasteiger partial charge in [0.25, 0.3) is 0 Å². The van der Waals surface area contributed by atoms with Crippen LogP contribution in [0.25, 0.3) is 0 Å². The van der Waals surface area contributed by atoms with Crippen molar-refractivity contribution in [2.24, 2.45) is 0 Å². The number of halogens is 1. The first kappa shape index (κ1) is 13.2. The van der Waals surface area contributed by atoms with Gasteiger partial charge in [0, 0.05) is 31.7 Å². The van der Waals surface area contributed by atoms with Gasteiger partial charge < -0.3 is 4.90 Å². The Morgan fingerprint density at radius 2 is 1.72 bits per heavy atom. The van der Waals surface area contributed by atoms with E-state index in [9.17, 15) is 9.18 Å². The Kier molecular flexibility index (Phi) is 4.09. The highest BCUT2D eigenvalue weighted by Gasteiger charge is 2.24. The minimum absolute atomic E-state index is 0.0690. The Balaban J connectivity index is 2.02. The molecule has 1 fully saturated rings. The summed E-state index contributed by atoms with van der Waals surface area (Å²) in [6.45, 7) is 5.72. The van der Waals surface area contributed by atoms with Crippen LogP contribution >= 0.6 is 0 Å². The number of hydrogen-bond donors (Lipinski definition) is 0. The van der Waals surface area contributed by atoms with E-state index in [-0.39, 0.29) is 17.6 Å². The number of hydrogen-bond acceptors (Lipinski definition) is 3. The van der Waals surface area contributed by atoms with Crippen LogP contribution in [0.5, 0.6) is 0 Å². The molecule has 3 nitrogen and oxygen atoms in total. The van der Waals surface area contributed by atoms with Gasteiger partial charge in [0.05, 0.1) is 6.04 Å². The summed E-state index contributed by atoms with van der Waals surface area (Å²) < 4.78 is 12.8. The molecule has 1 aliphatic heterocycles. The first-order valence-corrected chi connectivity index (χ1v) is 6.30. The molecule has 0 saturated carbocycles. The lowest BCUT2D eigenvalue weighted by Crippen LogP contribution is -2.50. The molecule has 98 valence electrons. The van der Waals surface area contributed by atoms with Crippen molar-refractivity contribution in [2.75, 3.05) is 33.2 Å². The molecule has 0 radical (unpaired) electrons. The largest absolute Gasteiger partial charge is 0.304 e. The Bertz CT molecular complexity index is 410. The monoisotopic (exact) mass is 250 g/mol. The normalized spacial score (nSPS) is 19.7. The lowest BCUT2D eigenvalue weighted by molar-refractivity contribution is 0.0738. The number of nitrogens with zero attached hydrogens (tertiary/aromatic N) is 2. The van der Waals surface area contributed by atoms with E-state index in [1.54, 1.807) is 12.1 Å². The van der Waals surface area contributed by atoms with Crippen LogP contribution in [-0.4, -0.2) is 54.9 Å². The lowest BCUT2D eigenvalue weighted by atomic mass is 10.0. The summed E-state index contributed by atoms with van der Waals surface area (Å²) in [5.41, 5.74) is 0.586. The molecule has 1 heterocycles. The number of rotatable bonds is 3. The van der Waals surface area contributed by atoms with E-state index in [0.717, 1.165) is 26.2 Å². The SMILES string of the molecule is CC(C(=O)c1ccc(F)cc1)N1CCN(C)CC1. The van der Waals surface area contributed by atoms with E-state index < -0.39 is 0 Å². The van der Waals surface area contributed by atoms with Crippen molar-refractivity contribution < 1.29 is 9.18 Å². The van der Waals surface area contributed by atoms with Gasteiger partial charge in [0.2, 0.25) is 0 Å². The van der Waals surface area contributed by atoms with Crippen LogP contribution in [-0.2, 0) is 0 Å². The van der Waals surface area contributed by atoms with Crippen LogP contribution in [0.15, 0.2) is 24.3 Å². The number of benzene rings is 1. The van der Waals surface area contributed by atoms with Crippen LogP contribution in [0, 0.1) is 5.82 Å². The molecule has 18 heavy (non-hydrogen) atoms. The Hall–Kier alpha value is -1.26. The van der Waals surface area contributed by atoms with Gasteiger partial charge in [-0.2, -0.15) is 0 Å². The number of ketones is 1. The summed E-state index contributed by atoms with van der Waals surface area (Å²) in [6.07, 6.45) is 0.